The number of ether oxygens (including phenoxy) is 1. The minimum Gasteiger partial charge on any atom is -0.493 e. The zero-order valence-corrected chi connectivity index (χ0v) is 10.8. The minimum atomic E-state index is 0.0647. The van der Waals surface area contributed by atoms with E-state index in [1.807, 2.05) is 0 Å². The first-order valence-electron chi connectivity index (χ1n) is 6.77. The third-order valence-electron chi connectivity index (χ3n) is 4.05. The first kappa shape index (κ1) is 11.6. The van der Waals surface area contributed by atoms with Gasteiger partial charge in [-0.05, 0) is 42.4 Å². The molecule has 0 aromatic heterocycles. The zero-order chi connectivity index (χ0) is 12.5. The maximum atomic E-state index is 10.9. The van der Waals surface area contributed by atoms with Crippen LogP contribution in [0.2, 0.25) is 0 Å². The molecular formula is C15H19NO2. The molecule has 0 bridgehead atoms. The number of nitrogens with one attached hydrogen (secondary N) is 1. The van der Waals surface area contributed by atoms with Gasteiger partial charge in [-0.2, -0.15) is 0 Å². The van der Waals surface area contributed by atoms with Gasteiger partial charge in [0.2, 0.25) is 5.91 Å². The third-order valence-corrected chi connectivity index (χ3v) is 4.05. The molecule has 0 saturated heterocycles. The number of rotatable bonds is 3. The van der Waals surface area contributed by atoms with E-state index < -0.39 is 0 Å². The van der Waals surface area contributed by atoms with Crippen molar-refractivity contribution in [2.75, 3.05) is 13.2 Å². The molecule has 0 radical (unpaired) electrons. The Morgan fingerprint density at radius 1 is 1.44 bits per heavy atom. The van der Waals surface area contributed by atoms with Gasteiger partial charge in [-0.1, -0.05) is 6.07 Å². The van der Waals surface area contributed by atoms with Gasteiger partial charge in [-0.25, -0.2) is 0 Å². The molecule has 3 rings (SSSR count). The van der Waals surface area contributed by atoms with E-state index in [4.69, 9.17) is 4.74 Å². The number of hydrogen-bond acceptors (Lipinski definition) is 2. The average molecular weight is 245 g/mol. The van der Waals surface area contributed by atoms with Crippen molar-refractivity contribution in [3.05, 3.63) is 28.8 Å². The Morgan fingerprint density at radius 3 is 3.17 bits per heavy atom. The van der Waals surface area contributed by atoms with E-state index in [-0.39, 0.29) is 5.91 Å². The molecule has 0 unspecified atom stereocenters. The van der Waals surface area contributed by atoms with Gasteiger partial charge in [0, 0.05) is 25.5 Å². The lowest BCUT2D eigenvalue weighted by Crippen LogP contribution is -2.22. The van der Waals surface area contributed by atoms with Crippen molar-refractivity contribution in [1.29, 1.82) is 0 Å². The summed E-state index contributed by atoms with van der Waals surface area (Å²) >= 11 is 0. The van der Waals surface area contributed by atoms with E-state index >= 15 is 0 Å². The van der Waals surface area contributed by atoms with Crippen LogP contribution < -0.4 is 10.1 Å². The Balaban J connectivity index is 1.78. The molecule has 3 heteroatoms. The molecule has 1 aromatic carbocycles. The fourth-order valence-electron chi connectivity index (χ4n) is 3.26. The van der Waals surface area contributed by atoms with Crippen molar-refractivity contribution >= 4 is 5.91 Å². The third kappa shape index (κ3) is 1.98. The number of carbonyl (C=O) groups excluding carboxylic acids is 1. The summed E-state index contributed by atoms with van der Waals surface area (Å²) in [6.45, 7) is 3.18. The molecule has 1 aromatic rings. The molecule has 1 aliphatic carbocycles. The van der Waals surface area contributed by atoms with Crippen LogP contribution in [0.15, 0.2) is 12.1 Å². The highest BCUT2D eigenvalue weighted by atomic mass is 16.5. The molecule has 1 aliphatic heterocycles. The van der Waals surface area contributed by atoms with Gasteiger partial charge in [-0.15, -0.1) is 0 Å². The molecule has 18 heavy (non-hydrogen) atoms. The second-order valence-corrected chi connectivity index (χ2v) is 5.22. The molecule has 1 N–H and O–H groups in total. The fourth-order valence-corrected chi connectivity index (χ4v) is 3.26. The number of benzene rings is 1. The van der Waals surface area contributed by atoms with Crippen molar-refractivity contribution in [3.63, 3.8) is 0 Å². The lowest BCUT2D eigenvalue weighted by molar-refractivity contribution is -0.118. The van der Waals surface area contributed by atoms with Crippen LogP contribution in [0.3, 0.4) is 0 Å². The van der Waals surface area contributed by atoms with Gasteiger partial charge in [0.15, 0.2) is 0 Å². The number of amides is 1. The molecule has 0 saturated carbocycles. The van der Waals surface area contributed by atoms with Crippen molar-refractivity contribution in [3.8, 4) is 5.75 Å². The molecule has 2 aliphatic rings. The summed E-state index contributed by atoms with van der Waals surface area (Å²) in [7, 11) is 0. The maximum absolute atomic E-state index is 10.9. The molecule has 1 amide bonds. The monoisotopic (exact) mass is 245 g/mol. The first-order valence-corrected chi connectivity index (χ1v) is 6.77. The smallest absolute Gasteiger partial charge is 0.216 e. The lowest BCUT2D eigenvalue weighted by Gasteiger charge is -2.14. The second-order valence-electron chi connectivity index (χ2n) is 5.22. The van der Waals surface area contributed by atoms with Crippen LogP contribution >= 0.6 is 0 Å². The van der Waals surface area contributed by atoms with E-state index in [0.29, 0.717) is 5.92 Å². The highest BCUT2D eigenvalue weighted by Crippen LogP contribution is 2.42. The van der Waals surface area contributed by atoms with Crippen LogP contribution in [-0.2, 0) is 17.6 Å². The Labute approximate surface area is 108 Å². The summed E-state index contributed by atoms with van der Waals surface area (Å²) in [4.78, 5) is 10.9. The molecule has 0 spiro atoms. The summed E-state index contributed by atoms with van der Waals surface area (Å²) in [6, 6.07) is 4.34. The van der Waals surface area contributed by atoms with Crippen LogP contribution in [0, 0.1) is 0 Å². The molecule has 3 nitrogen and oxygen atoms in total. The highest BCUT2D eigenvalue weighted by molar-refractivity contribution is 5.72. The predicted molar refractivity (Wildman–Crippen MR) is 70.0 cm³/mol. The number of aryl methyl sites for hydroxylation is 1. The highest BCUT2D eigenvalue weighted by Gasteiger charge is 2.28. The largest absolute Gasteiger partial charge is 0.493 e. The van der Waals surface area contributed by atoms with Gasteiger partial charge in [-0.3, -0.25) is 4.79 Å². The lowest BCUT2D eigenvalue weighted by atomic mass is 9.92. The van der Waals surface area contributed by atoms with Crippen LogP contribution in [0.5, 0.6) is 5.75 Å². The summed E-state index contributed by atoms with van der Waals surface area (Å²) < 4.78 is 5.65. The van der Waals surface area contributed by atoms with Gasteiger partial charge in [0.1, 0.15) is 5.75 Å². The summed E-state index contributed by atoms with van der Waals surface area (Å²) in [5, 5.41) is 2.90. The quantitative estimate of drug-likeness (QED) is 0.886. The molecular weight excluding hydrogens is 226 g/mol. The molecule has 1 atom stereocenters. The SMILES string of the molecule is CC(=O)NCC[C@@H]1CCc2ccc3c(c21)CCO3. The number of carbonyl (C=O) groups is 1. The Bertz CT molecular complexity index is 482. The van der Waals surface area contributed by atoms with Crippen molar-refractivity contribution < 1.29 is 9.53 Å². The summed E-state index contributed by atoms with van der Waals surface area (Å²) in [5.74, 6) is 1.75. The van der Waals surface area contributed by atoms with Gasteiger partial charge >= 0.3 is 0 Å². The average Bonchev–Trinajstić information content (AvgIpc) is 2.93. The normalized spacial score (nSPS) is 20.2. The van der Waals surface area contributed by atoms with Crippen LogP contribution in [0.1, 0.15) is 42.4 Å². The van der Waals surface area contributed by atoms with Crippen LogP contribution in [0.4, 0.5) is 0 Å². The van der Waals surface area contributed by atoms with Crippen molar-refractivity contribution in [2.45, 2.75) is 38.5 Å². The molecule has 96 valence electrons. The van der Waals surface area contributed by atoms with Crippen molar-refractivity contribution in [1.82, 2.24) is 5.32 Å². The van der Waals surface area contributed by atoms with E-state index in [1.165, 1.54) is 29.5 Å². The predicted octanol–water partition coefficient (Wildman–Crippen LogP) is 2.18. The molecule has 1 heterocycles. The Hall–Kier alpha value is -1.51. The van der Waals surface area contributed by atoms with Crippen LogP contribution in [-0.4, -0.2) is 19.1 Å². The van der Waals surface area contributed by atoms with Gasteiger partial charge in [0.05, 0.1) is 6.61 Å². The first-order chi connectivity index (χ1) is 8.75. The van der Waals surface area contributed by atoms with Gasteiger partial charge in [0.25, 0.3) is 0 Å². The zero-order valence-electron chi connectivity index (χ0n) is 10.8. The van der Waals surface area contributed by atoms with Crippen molar-refractivity contribution in [2.24, 2.45) is 0 Å². The van der Waals surface area contributed by atoms with E-state index in [2.05, 4.69) is 17.4 Å². The minimum absolute atomic E-state index is 0.0647. The number of hydrogen-bond donors (Lipinski definition) is 1. The van der Waals surface area contributed by atoms with E-state index in [1.54, 1.807) is 6.92 Å². The summed E-state index contributed by atoms with van der Waals surface area (Å²) in [6.07, 6.45) is 4.48. The van der Waals surface area contributed by atoms with Gasteiger partial charge < -0.3 is 10.1 Å². The fraction of sp³-hybridized carbons (Fsp3) is 0.533. The second kappa shape index (κ2) is 4.63. The maximum Gasteiger partial charge on any atom is 0.216 e. The Morgan fingerprint density at radius 2 is 2.33 bits per heavy atom. The standard InChI is InChI=1S/C15H19NO2/c1-10(17)16-8-6-12-3-2-11-4-5-14-13(15(11)12)7-9-18-14/h4-5,12H,2-3,6-9H2,1H3,(H,16,17)/t12-/m0/s1. The van der Waals surface area contributed by atoms with Crippen LogP contribution in [0.25, 0.3) is 0 Å². The Kier molecular flexibility index (Phi) is 2.98. The van der Waals surface area contributed by atoms with E-state index in [0.717, 1.165) is 31.7 Å². The molecule has 0 fully saturated rings. The summed E-state index contributed by atoms with van der Waals surface area (Å²) in [5.41, 5.74) is 4.44. The topological polar surface area (TPSA) is 38.3 Å². The number of fused-ring (bicyclic) bond motifs is 3. The van der Waals surface area contributed by atoms with E-state index in [9.17, 15) is 4.79 Å².